The summed E-state index contributed by atoms with van der Waals surface area (Å²) in [5, 5.41) is 1.08. The molecule has 0 atom stereocenters. The van der Waals surface area contributed by atoms with Crippen LogP contribution in [0.2, 0.25) is 0 Å². The number of hydrogen-bond acceptors (Lipinski definition) is 2. The van der Waals surface area contributed by atoms with E-state index in [0.717, 1.165) is 10.9 Å². The standard InChI is InChI=1S/C13H14O2/c1-7-5-6-11-12(8(7)2)9(3)10(4)13(14)15-11/h5-6H,1-4H3. The van der Waals surface area contributed by atoms with Crippen LogP contribution in [0.15, 0.2) is 21.3 Å². The SMILES string of the molecule is Cc1ccc2oc(=O)c(C)c(C)c2c1C. The van der Waals surface area contributed by atoms with Crippen LogP contribution in [0.3, 0.4) is 0 Å². The van der Waals surface area contributed by atoms with E-state index in [0.29, 0.717) is 11.1 Å². The Balaban J connectivity index is 3.07. The largest absolute Gasteiger partial charge is 0.423 e. The molecule has 15 heavy (non-hydrogen) atoms. The third-order valence-corrected chi connectivity index (χ3v) is 3.14. The highest BCUT2D eigenvalue weighted by Crippen LogP contribution is 2.24. The van der Waals surface area contributed by atoms with Crippen molar-refractivity contribution in [3.05, 3.63) is 44.8 Å². The number of hydrogen-bond donors (Lipinski definition) is 0. The van der Waals surface area contributed by atoms with Gasteiger partial charge in [-0.1, -0.05) is 6.07 Å². The summed E-state index contributed by atoms with van der Waals surface area (Å²) in [4.78, 5) is 11.5. The molecular formula is C13H14O2. The summed E-state index contributed by atoms with van der Waals surface area (Å²) in [7, 11) is 0. The van der Waals surface area contributed by atoms with Crippen molar-refractivity contribution in [3.8, 4) is 0 Å². The third kappa shape index (κ3) is 1.37. The summed E-state index contributed by atoms with van der Waals surface area (Å²) in [5.74, 6) is 0. The average molecular weight is 202 g/mol. The Morgan fingerprint density at radius 3 is 2.27 bits per heavy atom. The van der Waals surface area contributed by atoms with Gasteiger partial charge in [-0.2, -0.15) is 0 Å². The molecule has 0 aliphatic carbocycles. The first-order valence-electron chi connectivity index (χ1n) is 5.02. The fraction of sp³-hybridized carbons (Fsp3) is 0.308. The van der Waals surface area contributed by atoms with Gasteiger partial charge in [0.05, 0.1) is 0 Å². The third-order valence-electron chi connectivity index (χ3n) is 3.14. The van der Waals surface area contributed by atoms with E-state index < -0.39 is 0 Å². The first-order chi connectivity index (χ1) is 7.02. The highest BCUT2D eigenvalue weighted by molar-refractivity contribution is 5.85. The molecule has 0 N–H and O–H groups in total. The maximum Gasteiger partial charge on any atom is 0.339 e. The molecule has 2 rings (SSSR count). The van der Waals surface area contributed by atoms with Crippen molar-refractivity contribution in [3.63, 3.8) is 0 Å². The van der Waals surface area contributed by atoms with E-state index in [1.165, 1.54) is 11.1 Å². The molecule has 0 aliphatic rings. The molecule has 0 spiro atoms. The molecule has 0 amide bonds. The summed E-state index contributed by atoms with van der Waals surface area (Å²) in [6, 6.07) is 3.85. The molecule has 0 radical (unpaired) electrons. The Morgan fingerprint density at radius 1 is 0.933 bits per heavy atom. The normalized spacial score (nSPS) is 10.9. The van der Waals surface area contributed by atoms with Gasteiger partial charge >= 0.3 is 5.63 Å². The van der Waals surface area contributed by atoms with Gasteiger partial charge in [0.2, 0.25) is 0 Å². The lowest BCUT2D eigenvalue weighted by atomic mass is 9.99. The zero-order chi connectivity index (χ0) is 11.2. The molecule has 0 saturated heterocycles. The molecule has 0 saturated carbocycles. The highest BCUT2D eigenvalue weighted by Gasteiger charge is 2.10. The molecule has 0 bridgehead atoms. The second-order valence-corrected chi connectivity index (χ2v) is 4.02. The monoisotopic (exact) mass is 202 g/mol. The lowest BCUT2D eigenvalue weighted by Crippen LogP contribution is -2.06. The van der Waals surface area contributed by atoms with Crippen LogP contribution in [-0.4, -0.2) is 0 Å². The van der Waals surface area contributed by atoms with Gasteiger partial charge in [-0.05, 0) is 50.5 Å². The Labute approximate surface area is 88.5 Å². The minimum absolute atomic E-state index is 0.233. The van der Waals surface area contributed by atoms with Gasteiger partial charge in [-0.15, -0.1) is 0 Å². The molecule has 0 unspecified atom stereocenters. The van der Waals surface area contributed by atoms with Crippen molar-refractivity contribution < 1.29 is 4.42 Å². The highest BCUT2D eigenvalue weighted by atomic mass is 16.4. The molecule has 1 aromatic carbocycles. The smallest absolute Gasteiger partial charge is 0.339 e. The van der Waals surface area contributed by atoms with Crippen molar-refractivity contribution in [1.29, 1.82) is 0 Å². The van der Waals surface area contributed by atoms with Gasteiger partial charge in [0, 0.05) is 10.9 Å². The van der Waals surface area contributed by atoms with E-state index in [9.17, 15) is 4.79 Å². The van der Waals surface area contributed by atoms with Crippen molar-refractivity contribution in [1.82, 2.24) is 0 Å². The summed E-state index contributed by atoms with van der Waals surface area (Å²) in [6.45, 7) is 7.90. The van der Waals surface area contributed by atoms with Crippen LogP contribution in [0.5, 0.6) is 0 Å². The van der Waals surface area contributed by atoms with Gasteiger partial charge in [0.15, 0.2) is 0 Å². The van der Waals surface area contributed by atoms with Crippen molar-refractivity contribution >= 4 is 11.0 Å². The molecule has 2 heteroatoms. The van der Waals surface area contributed by atoms with E-state index in [1.54, 1.807) is 0 Å². The molecule has 78 valence electrons. The van der Waals surface area contributed by atoms with Gasteiger partial charge < -0.3 is 4.42 Å². The minimum atomic E-state index is -0.233. The van der Waals surface area contributed by atoms with Gasteiger partial charge in [0.25, 0.3) is 0 Å². The summed E-state index contributed by atoms with van der Waals surface area (Å²) >= 11 is 0. The van der Waals surface area contributed by atoms with Gasteiger partial charge in [-0.25, -0.2) is 4.79 Å². The van der Waals surface area contributed by atoms with Crippen LogP contribution in [0, 0.1) is 27.7 Å². The quantitative estimate of drug-likeness (QED) is 0.615. The van der Waals surface area contributed by atoms with Gasteiger partial charge in [-0.3, -0.25) is 0 Å². The van der Waals surface area contributed by atoms with Crippen LogP contribution < -0.4 is 5.63 Å². The molecule has 2 aromatic rings. The second-order valence-electron chi connectivity index (χ2n) is 4.02. The van der Waals surface area contributed by atoms with E-state index in [1.807, 2.05) is 26.0 Å². The Kier molecular flexibility index (Phi) is 2.14. The fourth-order valence-corrected chi connectivity index (χ4v) is 1.86. The second kappa shape index (κ2) is 3.23. The van der Waals surface area contributed by atoms with Crippen LogP contribution in [0.25, 0.3) is 11.0 Å². The molecule has 1 aromatic heterocycles. The molecule has 1 heterocycles. The molecule has 2 nitrogen and oxygen atoms in total. The molecular weight excluding hydrogens is 188 g/mol. The zero-order valence-corrected chi connectivity index (χ0v) is 9.47. The van der Waals surface area contributed by atoms with Crippen molar-refractivity contribution in [2.45, 2.75) is 27.7 Å². The fourth-order valence-electron chi connectivity index (χ4n) is 1.86. The molecule has 0 aliphatic heterocycles. The number of benzene rings is 1. The predicted molar refractivity (Wildman–Crippen MR) is 61.4 cm³/mol. The number of aryl methyl sites for hydroxylation is 3. The van der Waals surface area contributed by atoms with Crippen LogP contribution in [-0.2, 0) is 0 Å². The minimum Gasteiger partial charge on any atom is -0.423 e. The van der Waals surface area contributed by atoms with E-state index in [-0.39, 0.29) is 5.63 Å². The van der Waals surface area contributed by atoms with Gasteiger partial charge in [0.1, 0.15) is 5.58 Å². The van der Waals surface area contributed by atoms with Crippen molar-refractivity contribution in [2.24, 2.45) is 0 Å². The topological polar surface area (TPSA) is 30.2 Å². The Bertz CT molecular complexity index is 591. The van der Waals surface area contributed by atoms with E-state index in [2.05, 4.69) is 13.8 Å². The summed E-state index contributed by atoms with van der Waals surface area (Å²) in [5.41, 5.74) is 4.60. The van der Waals surface area contributed by atoms with Crippen LogP contribution in [0.1, 0.15) is 22.3 Å². The number of fused-ring (bicyclic) bond motifs is 1. The number of rotatable bonds is 0. The maximum atomic E-state index is 11.5. The van der Waals surface area contributed by atoms with Crippen molar-refractivity contribution in [2.75, 3.05) is 0 Å². The lowest BCUT2D eigenvalue weighted by molar-refractivity contribution is 0.553. The first-order valence-corrected chi connectivity index (χ1v) is 5.02. The predicted octanol–water partition coefficient (Wildman–Crippen LogP) is 3.03. The first kappa shape index (κ1) is 9.97. The zero-order valence-electron chi connectivity index (χ0n) is 9.47. The average Bonchev–Trinajstić information content (AvgIpc) is 2.20. The van der Waals surface area contributed by atoms with E-state index in [4.69, 9.17) is 4.42 Å². The summed E-state index contributed by atoms with van der Waals surface area (Å²) < 4.78 is 5.25. The lowest BCUT2D eigenvalue weighted by Gasteiger charge is -2.08. The molecule has 0 fully saturated rings. The van der Waals surface area contributed by atoms with E-state index >= 15 is 0 Å². The van der Waals surface area contributed by atoms with Crippen LogP contribution >= 0.6 is 0 Å². The Morgan fingerprint density at radius 2 is 1.60 bits per heavy atom. The Hall–Kier alpha value is -1.57. The maximum absolute atomic E-state index is 11.5. The van der Waals surface area contributed by atoms with Crippen LogP contribution in [0.4, 0.5) is 0 Å². The summed E-state index contributed by atoms with van der Waals surface area (Å²) in [6.07, 6.45) is 0.